The quantitative estimate of drug-likeness (QED) is 0.728. The van der Waals surface area contributed by atoms with Crippen molar-refractivity contribution in [3.05, 3.63) is 0 Å². The third-order valence-corrected chi connectivity index (χ3v) is 3.87. The van der Waals surface area contributed by atoms with E-state index in [2.05, 4.69) is 5.32 Å². The van der Waals surface area contributed by atoms with Crippen LogP contribution in [0, 0.1) is 5.41 Å². The SMILES string of the molecule is O=C(CC1CCCO1)NCC1(CCCl)CC1. The lowest BCUT2D eigenvalue weighted by molar-refractivity contribution is -0.123. The van der Waals surface area contributed by atoms with Crippen molar-refractivity contribution in [2.45, 2.75) is 44.6 Å². The van der Waals surface area contributed by atoms with Crippen LogP contribution >= 0.6 is 11.6 Å². The second kappa shape index (κ2) is 5.37. The summed E-state index contributed by atoms with van der Waals surface area (Å²) >= 11 is 5.75. The molecule has 1 aliphatic heterocycles. The molecule has 1 atom stereocenters. The molecule has 3 nitrogen and oxygen atoms in total. The Balaban J connectivity index is 1.63. The summed E-state index contributed by atoms with van der Waals surface area (Å²) < 4.78 is 5.44. The van der Waals surface area contributed by atoms with Crippen LogP contribution in [0.3, 0.4) is 0 Å². The summed E-state index contributed by atoms with van der Waals surface area (Å²) in [6.07, 6.45) is 6.24. The molecule has 4 heteroatoms. The van der Waals surface area contributed by atoms with E-state index < -0.39 is 0 Å². The molecule has 16 heavy (non-hydrogen) atoms. The van der Waals surface area contributed by atoms with E-state index in [4.69, 9.17) is 16.3 Å². The Labute approximate surface area is 102 Å². The number of carbonyl (C=O) groups is 1. The molecule has 0 spiro atoms. The number of carbonyl (C=O) groups excluding carboxylic acids is 1. The van der Waals surface area contributed by atoms with Crippen LogP contribution in [-0.2, 0) is 9.53 Å². The topological polar surface area (TPSA) is 38.3 Å². The molecule has 0 aromatic heterocycles. The highest BCUT2D eigenvalue weighted by molar-refractivity contribution is 6.17. The average molecular weight is 246 g/mol. The normalized spacial score (nSPS) is 26.7. The Morgan fingerprint density at radius 1 is 1.50 bits per heavy atom. The average Bonchev–Trinajstić information content (AvgIpc) is 2.83. The zero-order chi connectivity index (χ0) is 11.4. The van der Waals surface area contributed by atoms with Gasteiger partial charge in [0.2, 0.25) is 5.91 Å². The molecule has 0 aromatic rings. The fourth-order valence-corrected chi connectivity index (χ4v) is 2.66. The van der Waals surface area contributed by atoms with Crippen LogP contribution in [0.5, 0.6) is 0 Å². The molecule has 1 N–H and O–H groups in total. The standard InChI is InChI=1S/C12H20ClNO2/c13-6-5-12(3-4-12)9-14-11(15)8-10-2-1-7-16-10/h10H,1-9H2,(H,14,15). The van der Waals surface area contributed by atoms with Gasteiger partial charge in [-0.2, -0.15) is 0 Å². The van der Waals surface area contributed by atoms with Crippen LogP contribution in [0.4, 0.5) is 0 Å². The minimum atomic E-state index is 0.132. The minimum Gasteiger partial charge on any atom is -0.378 e. The summed E-state index contributed by atoms with van der Waals surface area (Å²) in [5.41, 5.74) is 0.327. The van der Waals surface area contributed by atoms with Crippen molar-refractivity contribution in [3.8, 4) is 0 Å². The van der Waals surface area contributed by atoms with Gasteiger partial charge in [0, 0.05) is 19.0 Å². The number of hydrogen-bond acceptors (Lipinski definition) is 2. The predicted molar refractivity (Wildman–Crippen MR) is 63.6 cm³/mol. The first-order chi connectivity index (χ1) is 7.74. The monoisotopic (exact) mass is 245 g/mol. The van der Waals surface area contributed by atoms with Gasteiger partial charge in [-0.1, -0.05) is 0 Å². The van der Waals surface area contributed by atoms with Gasteiger partial charge in [0.25, 0.3) is 0 Å². The molecule has 92 valence electrons. The lowest BCUT2D eigenvalue weighted by atomic mass is 10.0. The summed E-state index contributed by atoms with van der Waals surface area (Å²) in [6, 6.07) is 0. The van der Waals surface area contributed by atoms with E-state index in [0.717, 1.165) is 32.4 Å². The molecular weight excluding hydrogens is 226 g/mol. The molecule has 0 radical (unpaired) electrons. The zero-order valence-corrected chi connectivity index (χ0v) is 10.4. The molecular formula is C12H20ClNO2. The first-order valence-electron chi connectivity index (χ1n) is 6.18. The molecule has 1 unspecified atom stereocenters. The molecule has 1 aliphatic carbocycles. The Morgan fingerprint density at radius 3 is 2.88 bits per heavy atom. The van der Waals surface area contributed by atoms with Crippen molar-refractivity contribution >= 4 is 17.5 Å². The summed E-state index contributed by atoms with van der Waals surface area (Å²) in [5.74, 6) is 0.828. The molecule has 0 bridgehead atoms. The summed E-state index contributed by atoms with van der Waals surface area (Å²) in [7, 11) is 0. The van der Waals surface area contributed by atoms with Crippen LogP contribution in [0.2, 0.25) is 0 Å². The van der Waals surface area contributed by atoms with Gasteiger partial charge in [-0.05, 0) is 37.5 Å². The maximum Gasteiger partial charge on any atom is 0.222 e. The molecule has 2 aliphatic rings. The Morgan fingerprint density at radius 2 is 2.31 bits per heavy atom. The van der Waals surface area contributed by atoms with Crippen molar-refractivity contribution < 1.29 is 9.53 Å². The number of nitrogens with one attached hydrogen (secondary N) is 1. The Kier molecular flexibility index (Phi) is 4.09. The summed E-state index contributed by atoms with van der Waals surface area (Å²) in [6.45, 7) is 1.61. The van der Waals surface area contributed by atoms with Crippen molar-refractivity contribution in [3.63, 3.8) is 0 Å². The highest BCUT2D eigenvalue weighted by atomic mass is 35.5. The van der Waals surface area contributed by atoms with Crippen LogP contribution in [0.1, 0.15) is 38.5 Å². The number of rotatable bonds is 6. The smallest absolute Gasteiger partial charge is 0.222 e. The fraction of sp³-hybridized carbons (Fsp3) is 0.917. The number of hydrogen-bond donors (Lipinski definition) is 1. The van der Waals surface area contributed by atoms with E-state index in [1.807, 2.05) is 0 Å². The van der Waals surface area contributed by atoms with Crippen LogP contribution in [0.25, 0.3) is 0 Å². The number of halogens is 1. The molecule has 2 fully saturated rings. The molecule has 1 heterocycles. The van der Waals surface area contributed by atoms with Gasteiger partial charge in [0.05, 0.1) is 12.5 Å². The van der Waals surface area contributed by atoms with E-state index >= 15 is 0 Å². The lowest BCUT2D eigenvalue weighted by Crippen LogP contribution is -2.32. The Bertz CT molecular complexity index is 247. The zero-order valence-electron chi connectivity index (χ0n) is 9.64. The number of alkyl halides is 1. The van der Waals surface area contributed by atoms with E-state index in [0.29, 0.717) is 17.7 Å². The summed E-state index contributed by atoms with van der Waals surface area (Å²) in [5, 5.41) is 3.02. The second-order valence-corrected chi connectivity index (χ2v) is 5.43. The number of ether oxygens (including phenoxy) is 1. The molecule has 1 amide bonds. The van der Waals surface area contributed by atoms with E-state index in [-0.39, 0.29) is 12.0 Å². The van der Waals surface area contributed by atoms with Gasteiger partial charge < -0.3 is 10.1 Å². The highest BCUT2D eigenvalue weighted by Gasteiger charge is 2.41. The van der Waals surface area contributed by atoms with E-state index in [9.17, 15) is 4.79 Å². The van der Waals surface area contributed by atoms with Gasteiger partial charge in [-0.15, -0.1) is 11.6 Å². The van der Waals surface area contributed by atoms with Gasteiger partial charge in [0.15, 0.2) is 0 Å². The number of amides is 1. The fourth-order valence-electron chi connectivity index (χ4n) is 2.26. The first-order valence-corrected chi connectivity index (χ1v) is 6.72. The van der Waals surface area contributed by atoms with Gasteiger partial charge in [-0.3, -0.25) is 4.79 Å². The molecule has 2 rings (SSSR count). The molecule has 0 aromatic carbocycles. The maximum atomic E-state index is 11.7. The predicted octanol–water partition coefficient (Wildman–Crippen LogP) is 2.08. The largest absolute Gasteiger partial charge is 0.378 e. The summed E-state index contributed by atoms with van der Waals surface area (Å²) in [4.78, 5) is 11.7. The van der Waals surface area contributed by atoms with Crippen molar-refractivity contribution in [2.75, 3.05) is 19.0 Å². The minimum absolute atomic E-state index is 0.132. The lowest BCUT2D eigenvalue weighted by Gasteiger charge is -2.15. The van der Waals surface area contributed by atoms with Crippen molar-refractivity contribution in [1.82, 2.24) is 5.32 Å². The van der Waals surface area contributed by atoms with Crippen molar-refractivity contribution in [1.29, 1.82) is 0 Å². The first kappa shape index (κ1) is 12.2. The van der Waals surface area contributed by atoms with Gasteiger partial charge >= 0.3 is 0 Å². The highest BCUT2D eigenvalue weighted by Crippen LogP contribution is 2.48. The van der Waals surface area contributed by atoms with Gasteiger partial charge in [0.1, 0.15) is 0 Å². The van der Waals surface area contributed by atoms with E-state index in [1.165, 1.54) is 12.8 Å². The molecule has 1 saturated heterocycles. The van der Waals surface area contributed by atoms with Crippen LogP contribution < -0.4 is 5.32 Å². The van der Waals surface area contributed by atoms with Crippen LogP contribution in [0.15, 0.2) is 0 Å². The Hall–Kier alpha value is -0.280. The van der Waals surface area contributed by atoms with Crippen molar-refractivity contribution in [2.24, 2.45) is 5.41 Å². The van der Waals surface area contributed by atoms with Crippen LogP contribution in [-0.4, -0.2) is 31.0 Å². The second-order valence-electron chi connectivity index (χ2n) is 5.05. The van der Waals surface area contributed by atoms with E-state index in [1.54, 1.807) is 0 Å². The molecule has 1 saturated carbocycles. The maximum absolute atomic E-state index is 11.7. The third kappa shape index (κ3) is 3.36. The van der Waals surface area contributed by atoms with Gasteiger partial charge in [-0.25, -0.2) is 0 Å². The third-order valence-electron chi connectivity index (χ3n) is 3.68.